The molecule has 0 fully saturated rings. The summed E-state index contributed by atoms with van der Waals surface area (Å²) in [5.74, 6) is 0.848. The average Bonchev–Trinajstić information content (AvgIpc) is 2.31. The standard InChI is InChI=1S/C11H15N3S/c1-2-13-14-11(8-12)15-9-10-6-4-3-5-7-10/h3-8,12-13H,2,9H2,1H3. The van der Waals surface area contributed by atoms with Crippen LogP contribution in [0.3, 0.4) is 0 Å². The topological polar surface area (TPSA) is 48.2 Å². The molecule has 0 atom stereocenters. The fourth-order valence-electron chi connectivity index (χ4n) is 0.995. The molecule has 0 radical (unpaired) electrons. The van der Waals surface area contributed by atoms with Gasteiger partial charge in [0.1, 0.15) is 5.04 Å². The lowest BCUT2D eigenvalue weighted by Crippen LogP contribution is -2.08. The molecule has 0 amide bonds. The first kappa shape index (κ1) is 11.8. The van der Waals surface area contributed by atoms with Crippen molar-refractivity contribution in [2.45, 2.75) is 12.7 Å². The van der Waals surface area contributed by atoms with E-state index in [-0.39, 0.29) is 0 Å². The van der Waals surface area contributed by atoms with Crippen LogP contribution in [0.1, 0.15) is 12.5 Å². The summed E-state index contributed by atoms with van der Waals surface area (Å²) in [7, 11) is 0. The molecule has 1 rings (SSSR count). The van der Waals surface area contributed by atoms with Gasteiger partial charge in [-0.2, -0.15) is 5.10 Å². The van der Waals surface area contributed by atoms with Crippen LogP contribution in [-0.2, 0) is 5.75 Å². The quantitative estimate of drug-likeness (QED) is 0.456. The predicted octanol–water partition coefficient (Wildman–Crippen LogP) is 2.49. The Bertz CT molecular complexity index is 322. The van der Waals surface area contributed by atoms with Gasteiger partial charge in [-0.1, -0.05) is 42.1 Å². The summed E-state index contributed by atoms with van der Waals surface area (Å²) in [4.78, 5) is 0. The second-order valence-corrected chi connectivity index (χ2v) is 3.88. The second kappa shape index (κ2) is 7.06. The van der Waals surface area contributed by atoms with Crippen LogP contribution in [0.2, 0.25) is 0 Å². The molecule has 0 bridgehead atoms. The van der Waals surface area contributed by atoms with Crippen LogP contribution in [0.25, 0.3) is 0 Å². The van der Waals surface area contributed by atoms with Crippen LogP contribution in [0.15, 0.2) is 35.4 Å². The zero-order valence-electron chi connectivity index (χ0n) is 8.73. The Morgan fingerprint density at radius 2 is 2.20 bits per heavy atom. The third-order valence-corrected chi connectivity index (χ3v) is 2.68. The monoisotopic (exact) mass is 221 g/mol. The zero-order valence-corrected chi connectivity index (χ0v) is 9.55. The molecule has 0 aliphatic carbocycles. The van der Waals surface area contributed by atoms with Gasteiger partial charge in [0, 0.05) is 12.3 Å². The Kier molecular flexibility index (Phi) is 5.55. The summed E-state index contributed by atoms with van der Waals surface area (Å²) >= 11 is 1.56. The molecule has 2 N–H and O–H groups in total. The number of thioether (sulfide) groups is 1. The molecule has 0 saturated carbocycles. The van der Waals surface area contributed by atoms with Gasteiger partial charge in [0.05, 0.1) is 6.21 Å². The highest BCUT2D eigenvalue weighted by atomic mass is 32.2. The third kappa shape index (κ3) is 4.65. The number of nitrogens with zero attached hydrogens (tertiary/aromatic N) is 1. The Hall–Kier alpha value is -1.29. The number of hydrazone groups is 1. The van der Waals surface area contributed by atoms with Gasteiger partial charge >= 0.3 is 0 Å². The highest BCUT2D eigenvalue weighted by molar-refractivity contribution is 8.14. The molecule has 0 spiro atoms. The number of hydrogen-bond donors (Lipinski definition) is 2. The molecule has 15 heavy (non-hydrogen) atoms. The Balaban J connectivity index is 2.44. The molecule has 1 aromatic carbocycles. The largest absolute Gasteiger partial charge is 0.309 e. The molecule has 0 aromatic heterocycles. The van der Waals surface area contributed by atoms with E-state index in [0.717, 1.165) is 12.3 Å². The second-order valence-electron chi connectivity index (χ2n) is 2.88. The fraction of sp³-hybridized carbons (Fsp3) is 0.273. The van der Waals surface area contributed by atoms with E-state index in [4.69, 9.17) is 5.41 Å². The minimum Gasteiger partial charge on any atom is -0.309 e. The maximum Gasteiger partial charge on any atom is 0.134 e. The van der Waals surface area contributed by atoms with Gasteiger partial charge < -0.3 is 10.8 Å². The first-order valence-electron chi connectivity index (χ1n) is 4.84. The van der Waals surface area contributed by atoms with Gasteiger partial charge in [0.15, 0.2) is 0 Å². The minimum absolute atomic E-state index is 0.709. The summed E-state index contributed by atoms with van der Waals surface area (Å²) < 4.78 is 0. The molecule has 0 unspecified atom stereocenters. The van der Waals surface area contributed by atoms with E-state index in [9.17, 15) is 0 Å². The Morgan fingerprint density at radius 1 is 1.47 bits per heavy atom. The molecule has 0 aliphatic heterocycles. The van der Waals surface area contributed by atoms with E-state index < -0.39 is 0 Å². The molecular formula is C11H15N3S. The van der Waals surface area contributed by atoms with E-state index in [2.05, 4.69) is 22.7 Å². The van der Waals surface area contributed by atoms with Crippen molar-refractivity contribution in [1.82, 2.24) is 5.43 Å². The zero-order chi connectivity index (χ0) is 10.9. The lowest BCUT2D eigenvalue weighted by Gasteiger charge is -2.01. The molecule has 3 nitrogen and oxygen atoms in total. The number of nitrogens with one attached hydrogen (secondary N) is 2. The minimum atomic E-state index is 0.709. The van der Waals surface area contributed by atoms with Crippen molar-refractivity contribution < 1.29 is 0 Å². The SMILES string of the molecule is CCNN=C(C=N)SCc1ccccc1. The maximum absolute atomic E-state index is 7.19. The summed E-state index contributed by atoms with van der Waals surface area (Å²) in [5.41, 5.74) is 4.10. The van der Waals surface area contributed by atoms with Crippen LogP contribution in [0.5, 0.6) is 0 Å². The van der Waals surface area contributed by atoms with Crippen molar-refractivity contribution in [1.29, 1.82) is 5.41 Å². The van der Waals surface area contributed by atoms with E-state index in [1.54, 1.807) is 11.8 Å². The summed E-state index contributed by atoms with van der Waals surface area (Å²) in [5, 5.41) is 12.0. The normalized spacial score (nSPS) is 11.1. The summed E-state index contributed by atoms with van der Waals surface area (Å²) in [6.45, 7) is 2.76. The van der Waals surface area contributed by atoms with E-state index >= 15 is 0 Å². The van der Waals surface area contributed by atoms with Gasteiger partial charge in [-0.25, -0.2) is 0 Å². The van der Waals surface area contributed by atoms with E-state index in [1.165, 1.54) is 11.8 Å². The Labute approximate surface area is 94.5 Å². The van der Waals surface area contributed by atoms with Crippen LogP contribution in [0.4, 0.5) is 0 Å². The van der Waals surface area contributed by atoms with Crippen molar-refractivity contribution in [3.63, 3.8) is 0 Å². The smallest absolute Gasteiger partial charge is 0.134 e. The third-order valence-electron chi connectivity index (χ3n) is 1.70. The van der Waals surface area contributed by atoms with Crippen LogP contribution < -0.4 is 5.43 Å². The van der Waals surface area contributed by atoms with Crippen molar-refractivity contribution in [3.8, 4) is 0 Å². The van der Waals surface area contributed by atoms with Crippen molar-refractivity contribution in [3.05, 3.63) is 35.9 Å². The van der Waals surface area contributed by atoms with Gasteiger partial charge in [0.2, 0.25) is 0 Å². The molecule has 1 aromatic rings. The van der Waals surface area contributed by atoms with Crippen LogP contribution >= 0.6 is 11.8 Å². The van der Waals surface area contributed by atoms with Crippen LogP contribution in [-0.4, -0.2) is 17.8 Å². The molecule has 80 valence electrons. The molecule has 0 heterocycles. The lowest BCUT2D eigenvalue weighted by atomic mass is 10.2. The van der Waals surface area contributed by atoms with Gasteiger partial charge in [-0.3, -0.25) is 0 Å². The van der Waals surface area contributed by atoms with Crippen molar-refractivity contribution in [2.75, 3.05) is 6.54 Å². The number of benzene rings is 1. The van der Waals surface area contributed by atoms with E-state index in [1.807, 2.05) is 25.1 Å². The van der Waals surface area contributed by atoms with Gasteiger partial charge in [-0.05, 0) is 12.5 Å². The molecular weight excluding hydrogens is 206 g/mol. The highest BCUT2D eigenvalue weighted by Gasteiger charge is 1.97. The average molecular weight is 221 g/mol. The highest BCUT2D eigenvalue weighted by Crippen LogP contribution is 2.12. The van der Waals surface area contributed by atoms with Crippen molar-refractivity contribution >= 4 is 23.0 Å². The summed E-state index contributed by atoms with van der Waals surface area (Å²) in [6.07, 6.45) is 1.27. The van der Waals surface area contributed by atoms with Crippen LogP contribution in [0, 0.1) is 5.41 Å². The molecule has 0 saturated heterocycles. The van der Waals surface area contributed by atoms with Crippen molar-refractivity contribution in [2.24, 2.45) is 5.10 Å². The first-order chi connectivity index (χ1) is 7.36. The maximum atomic E-state index is 7.19. The van der Waals surface area contributed by atoms with Gasteiger partial charge in [-0.15, -0.1) is 0 Å². The molecule has 0 aliphatic rings. The first-order valence-corrected chi connectivity index (χ1v) is 5.83. The summed E-state index contributed by atoms with van der Waals surface area (Å²) in [6, 6.07) is 10.2. The number of hydrogen-bond acceptors (Lipinski definition) is 4. The number of rotatable bonds is 5. The lowest BCUT2D eigenvalue weighted by molar-refractivity contribution is 0.788. The molecule has 4 heteroatoms. The van der Waals surface area contributed by atoms with Gasteiger partial charge in [0.25, 0.3) is 0 Å². The van der Waals surface area contributed by atoms with E-state index in [0.29, 0.717) is 5.04 Å². The Morgan fingerprint density at radius 3 is 2.80 bits per heavy atom. The predicted molar refractivity (Wildman–Crippen MR) is 67.6 cm³/mol. The fourth-order valence-corrected chi connectivity index (χ4v) is 1.71.